The molecular formula is C25H26FN7O. The molecule has 2 aliphatic rings. The van der Waals surface area contributed by atoms with Crippen LogP contribution < -0.4 is 11.1 Å². The number of carbonyl (C=O) groups excluding carboxylic acids is 1. The van der Waals surface area contributed by atoms with Crippen molar-refractivity contribution in [2.75, 3.05) is 18.8 Å². The number of likely N-dealkylation sites (tertiary alicyclic amines) is 1. The van der Waals surface area contributed by atoms with Gasteiger partial charge in [-0.05, 0) is 56.5 Å². The molecule has 1 atom stereocenters. The van der Waals surface area contributed by atoms with Crippen molar-refractivity contribution < 1.29 is 9.18 Å². The van der Waals surface area contributed by atoms with Gasteiger partial charge in [-0.2, -0.15) is 10.4 Å². The number of nitrogens with two attached hydrogens (primary N) is 1. The molecule has 0 radical (unpaired) electrons. The van der Waals surface area contributed by atoms with E-state index in [-0.39, 0.29) is 23.1 Å². The zero-order chi connectivity index (χ0) is 24.1. The summed E-state index contributed by atoms with van der Waals surface area (Å²) in [7, 11) is 0. The van der Waals surface area contributed by atoms with Gasteiger partial charge in [0.2, 0.25) is 0 Å². The van der Waals surface area contributed by atoms with Crippen LogP contribution in [0, 0.1) is 17.1 Å². The van der Waals surface area contributed by atoms with Crippen LogP contribution in [0.4, 0.5) is 15.0 Å². The van der Waals surface area contributed by atoms with Crippen LogP contribution in [0.3, 0.4) is 0 Å². The minimum absolute atomic E-state index is 0.134. The molecule has 3 N–H and O–H groups in total. The van der Waals surface area contributed by atoms with E-state index in [2.05, 4.69) is 16.4 Å². The SMILES string of the molecule is CC(C)(NC(=O)N1CC[C@@]2(CCn3nc(-c4cnc(N)c(C#N)c4)cc32)C1)c1ccc(F)cc1. The molecule has 1 aromatic carbocycles. The number of rotatable bonds is 3. The van der Waals surface area contributed by atoms with Crippen LogP contribution in [-0.2, 0) is 17.5 Å². The highest BCUT2D eigenvalue weighted by Gasteiger charge is 2.47. The van der Waals surface area contributed by atoms with Crippen molar-refractivity contribution in [3.8, 4) is 17.3 Å². The number of aromatic nitrogens is 3. The van der Waals surface area contributed by atoms with E-state index >= 15 is 0 Å². The number of nitrogen functional groups attached to an aromatic ring is 1. The van der Waals surface area contributed by atoms with E-state index in [1.54, 1.807) is 24.4 Å². The van der Waals surface area contributed by atoms with Crippen LogP contribution in [0.2, 0.25) is 0 Å². The largest absolute Gasteiger partial charge is 0.383 e. The van der Waals surface area contributed by atoms with Crippen molar-refractivity contribution >= 4 is 11.8 Å². The van der Waals surface area contributed by atoms with Crippen molar-refractivity contribution in [1.29, 1.82) is 5.26 Å². The summed E-state index contributed by atoms with van der Waals surface area (Å²) in [4.78, 5) is 19.1. The molecule has 9 heteroatoms. The van der Waals surface area contributed by atoms with Crippen LogP contribution in [-0.4, -0.2) is 38.8 Å². The standard InChI is InChI=1S/C25H26FN7O/c1-24(2,18-3-5-19(26)6-4-18)30-23(34)32-9-7-25(15-32)8-10-33-21(25)12-20(31-33)17-11-16(13-27)22(28)29-14-17/h3-6,11-12,14H,7-10,15H2,1-2H3,(H2,28,29)(H,30,34)/t25-/m1/s1. The minimum atomic E-state index is -0.633. The third-order valence-corrected chi connectivity index (χ3v) is 7.09. The Morgan fingerprint density at radius 1 is 1.24 bits per heavy atom. The zero-order valence-electron chi connectivity index (χ0n) is 19.2. The van der Waals surface area contributed by atoms with Crippen LogP contribution in [0.25, 0.3) is 11.3 Å². The number of anilines is 1. The Bertz CT molecular complexity index is 1310. The molecule has 4 heterocycles. The number of hydrogen-bond donors (Lipinski definition) is 2. The molecule has 1 fully saturated rings. The number of urea groups is 1. The number of aryl methyl sites for hydroxylation is 1. The fraction of sp³-hybridized carbons (Fsp3) is 0.360. The normalized spacial score (nSPS) is 19.3. The lowest BCUT2D eigenvalue weighted by molar-refractivity contribution is 0.194. The van der Waals surface area contributed by atoms with Gasteiger partial charge in [-0.25, -0.2) is 14.2 Å². The second kappa shape index (κ2) is 7.83. The lowest BCUT2D eigenvalue weighted by atomic mass is 9.82. The van der Waals surface area contributed by atoms with Crippen molar-refractivity contribution in [1.82, 2.24) is 25.0 Å². The number of halogens is 1. The van der Waals surface area contributed by atoms with E-state index in [1.165, 1.54) is 12.1 Å². The summed E-state index contributed by atoms with van der Waals surface area (Å²) in [5.74, 6) is -0.0985. The molecule has 2 aliphatic heterocycles. The van der Waals surface area contributed by atoms with Gasteiger partial charge < -0.3 is 16.0 Å². The quantitative estimate of drug-likeness (QED) is 0.622. The molecule has 2 amide bonds. The van der Waals surface area contributed by atoms with E-state index in [1.807, 2.05) is 29.5 Å². The first-order valence-corrected chi connectivity index (χ1v) is 11.3. The van der Waals surface area contributed by atoms with Gasteiger partial charge in [-0.3, -0.25) is 4.68 Å². The predicted molar refractivity (Wildman–Crippen MR) is 125 cm³/mol. The van der Waals surface area contributed by atoms with Crippen LogP contribution in [0.15, 0.2) is 42.6 Å². The monoisotopic (exact) mass is 459 g/mol. The first-order valence-electron chi connectivity index (χ1n) is 11.3. The van der Waals surface area contributed by atoms with Gasteiger partial charge in [-0.1, -0.05) is 12.1 Å². The van der Waals surface area contributed by atoms with Gasteiger partial charge in [-0.15, -0.1) is 0 Å². The molecule has 0 unspecified atom stereocenters. The lowest BCUT2D eigenvalue weighted by Crippen LogP contribution is -2.48. The van der Waals surface area contributed by atoms with Gasteiger partial charge in [0.25, 0.3) is 0 Å². The average Bonchev–Trinajstić information content (AvgIpc) is 3.51. The fourth-order valence-electron chi connectivity index (χ4n) is 5.05. The summed E-state index contributed by atoms with van der Waals surface area (Å²) >= 11 is 0. The Labute approximate surface area is 197 Å². The number of pyridine rings is 1. The predicted octanol–water partition coefficient (Wildman–Crippen LogP) is 3.53. The summed E-state index contributed by atoms with van der Waals surface area (Å²) in [5.41, 5.74) is 8.74. The number of nitrogens with zero attached hydrogens (tertiary/aromatic N) is 5. The van der Waals surface area contributed by atoms with Crippen molar-refractivity contribution in [3.63, 3.8) is 0 Å². The molecule has 34 heavy (non-hydrogen) atoms. The Balaban J connectivity index is 1.34. The second-order valence-corrected chi connectivity index (χ2v) is 9.67. The van der Waals surface area contributed by atoms with Gasteiger partial charge >= 0.3 is 6.03 Å². The van der Waals surface area contributed by atoms with E-state index in [0.717, 1.165) is 41.9 Å². The van der Waals surface area contributed by atoms with Crippen molar-refractivity contribution in [2.45, 2.75) is 44.2 Å². The maximum absolute atomic E-state index is 13.3. The highest BCUT2D eigenvalue weighted by atomic mass is 19.1. The molecule has 2 aromatic heterocycles. The van der Waals surface area contributed by atoms with Crippen LogP contribution in [0.5, 0.6) is 0 Å². The third-order valence-electron chi connectivity index (χ3n) is 7.09. The molecule has 174 valence electrons. The van der Waals surface area contributed by atoms with E-state index in [4.69, 9.17) is 10.8 Å². The summed E-state index contributed by atoms with van der Waals surface area (Å²) in [6.45, 7) is 5.86. The minimum Gasteiger partial charge on any atom is -0.383 e. The van der Waals surface area contributed by atoms with Gasteiger partial charge in [0.1, 0.15) is 17.7 Å². The Kier molecular flexibility index (Phi) is 5.04. The number of amides is 2. The van der Waals surface area contributed by atoms with Gasteiger partial charge in [0, 0.05) is 42.5 Å². The highest BCUT2D eigenvalue weighted by molar-refractivity contribution is 5.76. The fourth-order valence-corrected chi connectivity index (χ4v) is 5.05. The number of nitriles is 1. The van der Waals surface area contributed by atoms with Gasteiger partial charge in [0.05, 0.1) is 16.8 Å². The molecule has 1 spiro atoms. The maximum Gasteiger partial charge on any atom is 0.318 e. The Morgan fingerprint density at radius 3 is 2.71 bits per heavy atom. The second-order valence-electron chi connectivity index (χ2n) is 9.67. The summed E-state index contributed by atoms with van der Waals surface area (Å²) < 4.78 is 15.3. The van der Waals surface area contributed by atoms with E-state index in [0.29, 0.717) is 18.7 Å². The van der Waals surface area contributed by atoms with E-state index < -0.39 is 5.54 Å². The molecule has 0 bridgehead atoms. The summed E-state index contributed by atoms with van der Waals surface area (Å²) in [6, 6.07) is 11.9. The summed E-state index contributed by atoms with van der Waals surface area (Å²) in [5, 5.41) is 17.1. The van der Waals surface area contributed by atoms with E-state index in [9.17, 15) is 14.4 Å². The lowest BCUT2D eigenvalue weighted by Gasteiger charge is -2.30. The van der Waals surface area contributed by atoms with Gasteiger partial charge in [0.15, 0.2) is 0 Å². The first-order chi connectivity index (χ1) is 16.2. The molecule has 0 saturated carbocycles. The Morgan fingerprint density at radius 2 is 1.97 bits per heavy atom. The summed E-state index contributed by atoms with van der Waals surface area (Å²) in [6.07, 6.45) is 3.41. The molecule has 5 rings (SSSR count). The number of fused-ring (bicyclic) bond motifs is 2. The number of nitrogens with one attached hydrogen (secondary N) is 1. The molecule has 8 nitrogen and oxygen atoms in total. The maximum atomic E-state index is 13.3. The molecule has 3 aromatic rings. The highest BCUT2D eigenvalue weighted by Crippen LogP contribution is 2.44. The Hall–Kier alpha value is -3.93. The number of benzene rings is 1. The third kappa shape index (κ3) is 3.65. The number of hydrogen-bond acceptors (Lipinski definition) is 5. The van der Waals surface area contributed by atoms with Crippen molar-refractivity contribution in [2.24, 2.45) is 0 Å². The molecule has 0 aliphatic carbocycles. The zero-order valence-corrected chi connectivity index (χ0v) is 19.2. The van der Waals surface area contributed by atoms with Crippen LogP contribution in [0.1, 0.15) is 43.5 Å². The molecule has 1 saturated heterocycles. The van der Waals surface area contributed by atoms with Crippen LogP contribution >= 0.6 is 0 Å². The first kappa shape index (κ1) is 21.9. The molecular weight excluding hydrogens is 433 g/mol. The van der Waals surface area contributed by atoms with Crippen molar-refractivity contribution in [3.05, 3.63) is 65.2 Å². The smallest absolute Gasteiger partial charge is 0.318 e. The average molecular weight is 460 g/mol. The topological polar surface area (TPSA) is 113 Å². The number of carbonyl (C=O) groups is 1.